The average Bonchev–Trinajstić information content (AvgIpc) is 2.15. The van der Waals surface area contributed by atoms with Crippen LogP contribution in [0.4, 0.5) is 11.4 Å². The summed E-state index contributed by atoms with van der Waals surface area (Å²) in [5.41, 5.74) is 1.15. The third-order valence-corrected chi connectivity index (χ3v) is 2.16. The van der Waals surface area contributed by atoms with Gasteiger partial charge in [-0.1, -0.05) is 6.07 Å². The highest BCUT2D eigenvalue weighted by molar-refractivity contribution is 5.93. The van der Waals surface area contributed by atoms with Gasteiger partial charge in [-0.25, -0.2) is 0 Å². The molecular formula is C10H12N2O3. The maximum Gasteiger partial charge on any atom is 0.292 e. The molecule has 80 valence electrons. The Hall–Kier alpha value is -1.91. The summed E-state index contributed by atoms with van der Waals surface area (Å²) >= 11 is 0. The molecule has 0 atom stereocenters. The van der Waals surface area contributed by atoms with Crippen molar-refractivity contribution in [3.05, 3.63) is 33.9 Å². The van der Waals surface area contributed by atoms with Gasteiger partial charge in [0.1, 0.15) is 5.69 Å². The Kier molecular flexibility index (Phi) is 3.04. The number of nitro groups is 1. The van der Waals surface area contributed by atoms with E-state index in [1.807, 2.05) is 6.92 Å². The van der Waals surface area contributed by atoms with Crippen LogP contribution in [0.25, 0.3) is 0 Å². The predicted molar refractivity (Wildman–Crippen MR) is 56.9 cm³/mol. The van der Waals surface area contributed by atoms with Gasteiger partial charge in [-0.15, -0.1) is 0 Å². The van der Waals surface area contributed by atoms with Crippen molar-refractivity contribution in [2.45, 2.75) is 13.8 Å². The van der Waals surface area contributed by atoms with E-state index in [0.717, 1.165) is 5.56 Å². The van der Waals surface area contributed by atoms with Crippen LogP contribution < -0.4 is 4.90 Å². The molecule has 5 heteroatoms. The van der Waals surface area contributed by atoms with Gasteiger partial charge in [0, 0.05) is 20.0 Å². The molecule has 0 fully saturated rings. The lowest BCUT2D eigenvalue weighted by molar-refractivity contribution is -0.384. The second kappa shape index (κ2) is 4.08. The first-order valence-corrected chi connectivity index (χ1v) is 4.43. The Bertz CT molecular complexity index is 415. The van der Waals surface area contributed by atoms with Crippen molar-refractivity contribution in [1.29, 1.82) is 0 Å². The Morgan fingerprint density at radius 2 is 2.07 bits per heavy atom. The summed E-state index contributed by atoms with van der Waals surface area (Å²) < 4.78 is 0. The van der Waals surface area contributed by atoms with Gasteiger partial charge in [0.2, 0.25) is 5.91 Å². The molecule has 5 nitrogen and oxygen atoms in total. The first-order valence-electron chi connectivity index (χ1n) is 4.43. The highest BCUT2D eigenvalue weighted by atomic mass is 16.6. The number of hydrogen-bond acceptors (Lipinski definition) is 3. The number of carbonyl (C=O) groups is 1. The van der Waals surface area contributed by atoms with E-state index in [-0.39, 0.29) is 11.6 Å². The van der Waals surface area contributed by atoms with Crippen molar-refractivity contribution >= 4 is 17.3 Å². The number of benzene rings is 1. The van der Waals surface area contributed by atoms with E-state index in [1.165, 1.54) is 24.9 Å². The summed E-state index contributed by atoms with van der Waals surface area (Å²) in [7, 11) is 1.52. The highest BCUT2D eigenvalue weighted by Crippen LogP contribution is 2.28. The van der Waals surface area contributed by atoms with Crippen LogP contribution in [0.3, 0.4) is 0 Å². The molecule has 0 heterocycles. The number of hydrogen-bond donors (Lipinski definition) is 0. The van der Waals surface area contributed by atoms with Crippen LogP contribution in [0.5, 0.6) is 0 Å². The molecule has 1 aromatic carbocycles. The van der Waals surface area contributed by atoms with Crippen molar-refractivity contribution < 1.29 is 9.72 Å². The second-order valence-corrected chi connectivity index (χ2v) is 3.33. The van der Waals surface area contributed by atoms with Gasteiger partial charge >= 0.3 is 0 Å². The quantitative estimate of drug-likeness (QED) is 0.550. The minimum Gasteiger partial charge on any atom is -0.310 e. The zero-order valence-electron chi connectivity index (χ0n) is 8.85. The molecule has 1 rings (SSSR count). The molecule has 0 aliphatic heterocycles. The van der Waals surface area contributed by atoms with E-state index in [0.29, 0.717) is 5.69 Å². The van der Waals surface area contributed by atoms with Crippen molar-refractivity contribution in [2.24, 2.45) is 0 Å². The van der Waals surface area contributed by atoms with E-state index < -0.39 is 4.92 Å². The summed E-state index contributed by atoms with van der Waals surface area (Å²) in [5.74, 6) is -0.233. The van der Waals surface area contributed by atoms with E-state index in [1.54, 1.807) is 12.1 Å². The Morgan fingerprint density at radius 3 is 2.53 bits per heavy atom. The van der Waals surface area contributed by atoms with Gasteiger partial charge in [0.15, 0.2) is 0 Å². The number of carbonyl (C=O) groups excluding carboxylic acids is 1. The summed E-state index contributed by atoms with van der Waals surface area (Å²) in [6.45, 7) is 3.19. The standard InChI is InChI=1S/C10H12N2O3/c1-7-4-5-9(12(14)15)10(6-7)11(3)8(2)13/h4-6H,1-3H3. The number of nitrogens with zero attached hydrogens (tertiary/aromatic N) is 2. The first-order chi connectivity index (χ1) is 6.93. The average molecular weight is 208 g/mol. The van der Waals surface area contributed by atoms with Crippen LogP contribution in [0.2, 0.25) is 0 Å². The van der Waals surface area contributed by atoms with E-state index >= 15 is 0 Å². The molecule has 0 spiro atoms. The molecule has 0 bridgehead atoms. The molecule has 1 amide bonds. The molecule has 0 aliphatic rings. The molecule has 0 saturated heterocycles. The van der Waals surface area contributed by atoms with Gasteiger partial charge in [0.05, 0.1) is 4.92 Å². The molecule has 15 heavy (non-hydrogen) atoms. The molecule has 0 aliphatic carbocycles. The minimum absolute atomic E-state index is 0.0571. The van der Waals surface area contributed by atoms with Gasteiger partial charge < -0.3 is 4.90 Å². The maximum atomic E-state index is 11.1. The Morgan fingerprint density at radius 1 is 1.47 bits per heavy atom. The van der Waals surface area contributed by atoms with Crippen LogP contribution >= 0.6 is 0 Å². The zero-order valence-corrected chi connectivity index (χ0v) is 8.85. The van der Waals surface area contributed by atoms with Gasteiger partial charge in [-0.2, -0.15) is 0 Å². The van der Waals surface area contributed by atoms with Crippen LogP contribution in [-0.4, -0.2) is 17.9 Å². The normalized spacial score (nSPS) is 9.80. The maximum absolute atomic E-state index is 11.1. The molecule has 0 unspecified atom stereocenters. The lowest BCUT2D eigenvalue weighted by Gasteiger charge is -2.15. The van der Waals surface area contributed by atoms with E-state index in [9.17, 15) is 14.9 Å². The van der Waals surface area contributed by atoms with Gasteiger partial charge in [-0.3, -0.25) is 14.9 Å². The fourth-order valence-electron chi connectivity index (χ4n) is 1.23. The smallest absolute Gasteiger partial charge is 0.292 e. The molecule has 0 saturated carbocycles. The van der Waals surface area contributed by atoms with Crippen LogP contribution in [0.15, 0.2) is 18.2 Å². The molecular weight excluding hydrogens is 196 g/mol. The largest absolute Gasteiger partial charge is 0.310 e. The van der Waals surface area contributed by atoms with E-state index in [2.05, 4.69) is 0 Å². The number of rotatable bonds is 2. The molecule has 0 aromatic heterocycles. The third-order valence-electron chi connectivity index (χ3n) is 2.16. The second-order valence-electron chi connectivity index (χ2n) is 3.33. The minimum atomic E-state index is -0.492. The van der Waals surface area contributed by atoms with Crippen molar-refractivity contribution in [3.63, 3.8) is 0 Å². The number of aryl methyl sites for hydroxylation is 1. The lowest BCUT2D eigenvalue weighted by atomic mass is 10.2. The third kappa shape index (κ3) is 2.31. The summed E-state index contributed by atoms with van der Waals surface area (Å²) in [5, 5.41) is 10.7. The van der Waals surface area contributed by atoms with Gasteiger partial charge in [-0.05, 0) is 18.6 Å². The van der Waals surface area contributed by atoms with Crippen LogP contribution in [0, 0.1) is 17.0 Å². The van der Waals surface area contributed by atoms with Crippen LogP contribution in [-0.2, 0) is 4.79 Å². The van der Waals surface area contributed by atoms with Crippen LogP contribution in [0.1, 0.15) is 12.5 Å². The monoisotopic (exact) mass is 208 g/mol. The van der Waals surface area contributed by atoms with E-state index in [4.69, 9.17) is 0 Å². The topological polar surface area (TPSA) is 63.5 Å². The summed E-state index contributed by atoms with van der Waals surface area (Å²) in [4.78, 5) is 22.6. The SMILES string of the molecule is CC(=O)N(C)c1cc(C)ccc1[N+](=O)[O-]. The zero-order chi connectivity index (χ0) is 11.6. The van der Waals surface area contributed by atoms with Gasteiger partial charge in [0.25, 0.3) is 5.69 Å². The fourth-order valence-corrected chi connectivity index (χ4v) is 1.23. The van der Waals surface area contributed by atoms with Crippen molar-refractivity contribution in [2.75, 3.05) is 11.9 Å². The number of amides is 1. The first kappa shape index (κ1) is 11.2. The number of anilines is 1. The molecule has 0 N–H and O–H groups in total. The van der Waals surface area contributed by atoms with Crippen molar-refractivity contribution in [1.82, 2.24) is 0 Å². The van der Waals surface area contributed by atoms with Crippen molar-refractivity contribution in [3.8, 4) is 0 Å². The molecule has 1 aromatic rings. The predicted octanol–water partition coefficient (Wildman–Crippen LogP) is 1.89. The summed E-state index contributed by atoms with van der Waals surface area (Å²) in [6.07, 6.45) is 0. The number of nitro benzene ring substituents is 1. The Labute approximate surface area is 87.5 Å². The Balaban J connectivity index is 3.30. The summed E-state index contributed by atoms with van der Waals surface area (Å²) in [6, 6.07) is 4.68. The molecule has 0 radical (unpaired) electrons. The fraction of sp³-hybridized carbons (Fsp3) is 0.300. The lowest BCUT2D eigenvalue weighted by Crippen LogP contribution is -2.23. The highest BCUT2D eigenvalue weighted by Gasteiger charge is 2.18.